The zero-order valence-electron chi connectivity index (χ0n) is 15.1. The van der Waals surface area contributed by atoms with E-state index in [2.05, 4.69) is 10.1 Å². The van der Waals surface area contributed by atoms with Crippen LogP contribution in [0.2, 0.25) is 0 Å². The fourth-order valence-corrected chi connectivity index (χ4v) is 2.48. The summed E-state index contributed by atoms with van der Waals surface area (Å²) >= 11 is 0. The highest BCUT2D eigenvalue weighted by Crippen LogP contribution is 2.26. The molecule has 0 bridgehead atoms. The van der Waals surface area contributed by atoms with Crippen molar-refractivity contribution in [3.8, 4) is 11.5 Å². The normalized spacial score (nSPS) is 11.0. The molecule has 2 aromatic carbocycles. The maximum atomic E-state index is 12.5. The lowest BCUT2D eigenvalue weighted by Crippen LogP contribution is -2.19. The first kappa shape index (κ1) is 21.1. The van der Waals surface area contributed by atoms with Crippen molar-refractivity contribution in [3.05, 3.63) is 53.1 Å². The van der Waals surface area contributed by atoms with Gasteiger partial charge in [0.05, 0.1) is 0 Å². The van der Waals surface area contributed by atoms with Gasteiger partial charge >= 0.3 is 12.1 Å². The first-order valence-electron chi connectivity index (χ1n) is 8.12. The van der Waals surface area contributed by atoms with E-state index in [0.717, 1.165) is 0 Å². The average molecular weight is 397 g/mol. The number of aliphatic carboxylic acids is 1. The number of carbonyl (C=O) groups excluding carboxylic acids is 1. The van der Waals surface area contributed by atoms with Crippen LogP contribution in [0.3, 0.4) is 0 Å². The van der Waals surface area contributed by atoms with Gasteiger partial charge < -0.3 is 19.9 Å². The molecule has 0 heterocycles. The molecular formula is C19H18F3NO5. The van der Waals surface area contributed by atoms with Gasteiger partial charge in [0.1, 0.15) is 11.5 Å². The molecule has 2 aromatic rings. The maximum Gasteiger partial charge on any atom is 0.422 e. The second-order valence-corrected chi connectivity index (χ2v) is 6.01. The van der Waals surface area contributed by atoms with Gasteiger partial charge in [-0.15, -0.1) is 0 Å². The summed E-state index contributed by atoms with van der Waals surface area (Å²) in [7, 11) is 0. The van der Waals surface area contributed by atoms with E-state index in [1.807, 2.05) is 0 Å². The molecule has 2 N–H and O–H groups in total. The van der Waals surface area contributed by atoms with Crippen molar-refractivity contribution >= 4 is 17.6 Å². The lowest BCUT2D eigenvalue weighted by Gasteiger charge is -2.14. The van der Waals surface area contributed by atoms with Crippen LogP contribution in [-0.2, 0) is 4.79 Å². The summed E-state index contributed by atoms with van der Waals surface area (Å²) in [4.78, 5) is 23.1. The zero-order chi connectivity index (χ0) is 20.9. The molecule has 2 rings (SSSR count). The fourth-order valence-electron chi connectivity index (χ4n) is 2.48. The number of amides is 1. The second-order valence-electron chi connectivity index (χ2n) is 6.01. The van der Waals surface area contributed by atoms with E-state index >= 15 is 0 Å². The Kier molecular flexibility index (Phi) is 6.50. The van der Waals surface area contributed by atoms with Gasteiger partial charge in [0.2, 0.25) is 0 Å². The van der Waals surface area contributed by atoms with Crippen LogP contribution >= 0.6 is 0 Å². The predicted octanol–water partition coefficient (Wildman–Crippen LogP) is 3.96. The van der Waals surface area contributed by atoms with E-state index in [1.165, 1.54) is 36.4 Å². The minimum Gasteiger partial charge on any atom is -0.484 e. The van der Waals surface area contributed by atoms with E-state index in [1.54, 1.807) is 13.8 Å². The SMILES string of the molecule is Cc1cc(C(=O)Nc2cccc(OCC(F)(F)F)c2)cc(C)c1OCC(=O)O. The van der Waals surface area contributed by atoms with Gasteiger partial charge in [-0.05, 0) is 49.2 Å². The van der Waals surface area contributed by atoms with Crippen LogP contribution in [0.25, 0.3) is 0 Å². The molecule has 0 saturated heterocycles. The molecule has 28 heavy (non-hydrogen) atoms. The minimum absolute atomic E-state index is 0.0279. The molecule has 150 valence electrons. The first-order valence-corrected chi connectivity index (χ1v) is 8.12. The molecule has 0 aromatic heterocycles. The lowest BCUT2D eigenvalue weighted by atomic mass is 10.0. The van der Waals surface area contributed by atoms with Crippen molar-refractivity contribution in [2.75, 3.05) is 18.5 Å². The highest BCUT2D eigenvalue weighted by atomic mass is 19.4. The van der Waals surface area contributed by atoms with E-state index < -0.39 is 31.3 Å². The lowest BCUT2D eigenvalue weighted by molar-refractivity contribution is -0.153. The third-order valence-electron chi connectivity index (χ3n) is 3.56. The highest BCUT2D eigenvalue weighted by Gasteiger charge is 2.28. The molecule has 0 aliphatic rings. The molecule has 0 aliphatic heterocycles. The Morgan fingerprint density at radius 1 is 1.07 bits per heavy atom. The number of hydrogen-bond donors (Lipinski definition) is 2. The van der Waals surface area contributed by atoms with Gasteiger partial charge in [0.15, 0.2) is 13.2 Å². The standard InChI is InChI=1S/C19H18F3NO5/c1-11-6-13(7-12(2)17(11)27-9-16(24)25)18(26)23-14-4-3-5-15(8-14)28-10-19(20,21)22/h3-8H,9-10H2,1-2H3,(H,23,26)(H,24,25). The Morgan fingerprint density at radius 2 is 1.71 bits per heavy atom. The van der Waals surface area contributed by atoms with Crippen molar-refractivity contribution in [2.45, 2.75) is 20.0 Å². The molecule has 0 saturated carbocycles. The fraction of sp³-hybridized carbons (Fsp3) is 0.263. The molecule has 0 aliphatic carbocycles. The molecule has 0 unspecified atom stereocenters. The molecule has 0 radical (unpaired) electrons. The molecule has 1 amide bonds. The van der Waals surface area contributed by atoms with Crippen LogP contribution in [-0.4, -0.2) is 36.4 Å². The zero-order valence-corrected chi connectivity index (χ0v) is 15.1. The van der Waals surface area contributed by atoms with Crippen molar-refractivity contribution in [1.29, 1.82) is 0 Å². The molecule has 6 nitrogen and oxygen atoms in total. The van der Waals surface area contributed by atoms with E-state index in [4.69, 9.17) is 9.84 Å². The largest absolute Gasteiger partial charge is 0.484 e. The summed E-state index contributed by atoms with van der Waals surface area (Å²) in [6.45, 7) is 1.41. The number of halogens is 3. The van der Waals surface area contributed by atoms with Crippen molar-refractivity contribution < 1.29 is 37.3 Å². The van der Waals surface area contributed by atoms with Gasteiger partial charge in [-0.1, -0.05) is 6.07 Å². The summed E-state index contributed by atoms with van der Waals surface area (Å²) in [6, 6.07) is 8.67. The van der Waals surface area contributed by atoms with E-state index in [9.17, 15) is 22.8 Å². The van der Waals surface area contributed by atoms with Gasteiger partial charge in [-0.2, -0.15) is 13.2 Å². The first-order chi connectivity index (χ1) is 13.0. The number of nitrogens with one attached hydrogen (secondary N) is 1. The monoisotopic (exact) mass is 397 g/mol. The number of rotatable bonds is 7. The number of aryl methyl sites for hydroxylation is 2. The Morgan fingerprint density at radius 3 is 2.29 bits per heavy atom. The molecule has 0 fully saturated rings. The van der Waals surface area contributed by atoms with Gasteiger partial charge in [0.25, 0.3) is 5.91 Å². The Bertz CT molecular complexity index is 857. The number of carboxylic acid groups (broad SMARTS) is 1. The summed E-state index contributed by atoms with van der Waals surface area (Å²) < 4.78 is 46.6. The predicted molar refractivity (Wildman–Crippen MR) is 95.0 cm³/mol. The van der Waals surface area contributed by atoms with Crippen LogP contribution in [0.15, 0.2) is 36.4 Å². The molecule has 0 atom stereocenters. The van der Waals surface area contributed by atoms with Crippen LogP contribution < -0.4 is 14.8 Å². The number of ether oxygens (including phenoxy) is 2. The van der Waals surface area contributed by atoms with Crippen molar-refractivity contribution in [3.63, 3.8) is 0 Å². The number of hydrogen-bond acceptors (Lipinski definition) is 4. The van der Waals surface area contributed by atoms with E-state index in [0.29, 0.717) is 22.4 Å². The van der Waals surface area contributed by atoms with Gasteiger partial charge in [-0.3, -0.25) is 4.79 Å². The summed E-state index contributed by atoms with van der Waals surface area (Å²) in [6.07, 6.45) is -4.46. The van der Waals surface area contributed by atoms with Gasteiger partial charge in [0, 0.05) is 17.3 Å². The number of anilines is 1. The Hall–Kier alpha value is -3.23. The smallest absolute Gasteiger partial charge is 0.422 e. The van der Waals surface area contributed by atoms with Crippen LogP contribution in [0.4, 0.5) is 18.9 Å². The third kappa shape index (κ3) is 6.19. The number of carbonyl (C=O) groups is 2. The summed E-state index contributed by atoms with van der Waals surface area (Å²) in [5, 5.41) is 11.3. The number of carboxylic acids is 1. The maximum absolute atomic E-state index is 12.5. The third-order valence-corrected chi connectivity index (χ3v) is 3.56. The second kappa shape index (κ2) is 8.64. The van der Waals surface area contributed by atoms with Crippen LogP contribution in [0.5, 0.6) is 11.5 Å². The van der Waals surface area contributed by atoms with Crippen LogP contribution in [0, 0.1) is 13.8 Å². The van der Waals surface area contributed by atoms with E-state index in [-0.39, 0.29) is 11.4 Å². The van der Waals surface area contributed by atoms with Gasteiger partial charge in [-0.25, -0.2) is 4.79 Å². The minimum atomic E-state index is -4.46. The molecular weight excluding hydrogens is 379 g/mol. The quantitative estimate of drug-likeness (QED) is 0.739. The highest BCUT2D eigenvalue weighted by molar-refractivity contribution is 6.04. The van der Waals surface area contributed by atoms with Crippen molar-refractivity contribution in [1.82, 2.24) is 0 Å². The number of alkyl halides is 3. The Balaban J connectivity index is 2.11. The van der Waals surface area contributed by atoms with Crippen molar-refractivity contribution in [2.24, 2.45) is 0 Å². The topological polar surface area (TPSA) is 84.9 Å². The van der Waals surface area contributed by atoms with Crippen LogP contribution in [0.1, 0.15) is 21.5 Å². The number of benzene rings is 2. The summed E-state index contributed by atoms with van der Waals surface area (Å²) in [5.74, 6) is -1.25. The average Bonchev–Trinajstić information content (AvgIpc) is 2.58. The molecule has 9 heteroatoms. The summed E-state index contributed by atoms with van der Waals surface area (Å²) in [5.41, 5.74) is 1.72. The Labute approximate surface area is 158 Å². The molecule has 0 spiro atoms.